The second-order valence-corrected chi connectivity index (χ2v) is 6.39. The van der Waals surface area contributed by atoms with E-state index in [1.807, 2.05) is 12.1 Å². The number of rotatable bonds is 4. The molecule has 0 fully saturated rings. The lowest BCUT2D eigenvalue weighted by Gasteiger charge is -2.15. The van der Waals surface area contributed by atoms with E-state index < -0.39 is 17.3 Å². The summed E-state index contributed by atoms with van der Waals surface area (Å²) in [6.45, 7) is 0.287. The van der Waals surface area contributed by atoms with Gasteiger partial charge < -0.3 is 10.1 Å². The van der Waals surface area contributed by atoms with Gasteiger partial charge in [-0.25, -0.2) is 4.98 Å². The van der Waals surface area contributed by atoms with Crippen LogP contribution in [0.4, 0.5) is 19.0 Å². The Morgan fingerprint density at radius 2 is 1.86 bits per heavy atom. The van der Waals surface area contributed by atoms with Crippen molar-refractivity contribution < 1.29 is 17.9 Å². The van der Waals surface area contributed by atoms with Gasteiger partial charge in [-0.2, -0.15) is 18.4 Å². The van der Waals surface area contributed by atoms with Crippen LogP contribution in [0.1, 0.15) is 16.7 Å². The summed E-state index contributed by atoms with van der Waals surface area (Å²) in [5.41, 5.74) is 0.451. The Labute approximate surface area is 164 Å². The number of nitrogens with one attached hydrogen (secondary N) is 1. The van der Waals surface area contributed by atoms with Crippen LogP contribution in [0, 0.1) is 11.3 Å². The third-order valence-corrected chi connectivity index (χ3v) is 4.63. The van der Waals surface area contributed by atoms with E-state index in [9.17, 15) is 18.4 Å². The number of benzene rings is 2. The monoisotopic (exact) mass is 396 g/mol. The molecule has 4 rings (SSSR count). The number of imidazole rings is 1. The molecule has 146 valence electrons. The van der Waals surface area contributed by atoms with Crippen molar-refractivity contribution in [3.05, 3.63) is 71.3 Å². The quantitative estimate of drug-likeness (QED) is 0.527. The fraction of sp³-hybridized carbons (Fsp3) is 0.143. The molecule has 29 heavy (non-hydrogen) atoms. The molecule has 1 N–H and O–H groups in total. The lowest BCUT2D eigenvalue weighted by molar-refractivity contribution is -0.137. The van der Waals surface area contributed by atoms with Crippen molar-refractivity contribution in [1.82, 2.24) is 9.38 Å². The number of alkyl halides is 3. The van der Waals surface area contributed by atoms with Crippen LogP contribution in [-0.2, 0) is 12.7 Å². The molecule has 0 saturated heterocycles. The second-order valence-electron chi connectivity index (χ2n) is 6.39. The molecule has 0 aliphatic heterocycles. The lowest BCUT2D eigenvalue weighted by atomic mass is 10.1. The van der Waals surface area contributed by atoms with E-state index >= 15 is 0 Å². The predicted molar refractivity (Wildman–Crippen MR) is 103 cm³/mol. The summed E-state index contributed by atoms with van der Waals surface area (Å²) in [5, 5.41) is 12.5. The van der Waals surface area contributed by atoms with Crippen LogP contribution >= 0.6 is 0 Å². The number of hydrogen-bond acceptors (Lipinski definition) is 4. The first-order valence-corrected chi connectivity index (χ1v) is 8.70. The highest BCUT2D eigenvalue weighted by molar-refractivity contribution is 5.85. The first kappa shape index (κ1) is 18.6. The van der Waals surface area contributed by atoms with Crippen LogP contribution in [0.5, 0.6) is 5.75 Å². The minimum absolute atomic E-state index is 0.0271. The van der Waals surface area contributed by atoms with Crippen LogP contribution in [0.3, 0.4) is 0 Å². The minimum atomic E-state index is -4.68. The third-order valence-electron chi connectivity index (χ3n) is 4.63. The summed E-state index contributed by atoms with van der Waals surface area (Å²) in [7, 11) is 1.56. The SMILES string of the molecule is COc1ccc(CNc2cc(C(F)(F)F)c(C#N)c3nc4ccccc4n23)cc1. The van der Waals surface area contributed by atoms with Crippen molar-refractivity contribution in [2.45, 2.75) is 12.7 Å². The molecule has 2 aromatic carbocycles. The number of hydrogen-bond donors (Lipinski definition) is 1. The number of methoxy groups -OCH3 is 1. The topological polar surface area (TPSA) is 62.3 Å². The summed E-state index contributed by atoms with van der Waals surface area (Å²) >= 11 is 0. The normalized spacial score (nSPS) is 11.6. The Balaban J connectivity index is 1.87. The summed E-state index contributed by atoms with van der Waals surface area (Å²) < 4.78 is 47.5. The highest BCUT2D eigenvalue weighted by atomic mass is 19.4. The Bertz CT molecular complexity index is 1240. The number of fused-ring (bicyclic) bond motifs is 3. The first-order chi connectivity index (χ1) is 13.9. The van der Waals surface area contributed by atoms with Gasteiger partial charge in [-0.3, -0.25) is 4.40 Å². The third kappa shape index (κ3) is 3.31. The zero-order chi connectivity index (χ0) is 20.6. The smallest absolute Gasteiger partial charge is 0.417 e. The number of para-hydroxylation sites is 2. The average Bonchev–Trinajstić information content (AvgIpc) is 3.11. The Morgan fingerprint density at radius 3 is 2.52 bits per heavy atom. The molecule has 0 spiro atoms. The van der Waals surface area contributed by atoms with Crippen molar-refractivity contribution in [2.75, 3.05) is 12.4 Å². The van der Waals surface area contributed by atoms with Gasteiger partial charge in [0.25, 0.3) is 0 Å². The van der Waals surface area contributed by atoms with Crippen molar-refractivity contribution in [2.24, 2.45) is 0 Å². The molecule has 0 saturated carbocycles. The van der Waals surface area contributed by atoms with E-state index in [4.69, 9.17) is 4.74 Å². The van der Waals surface area contributed by atoms with Gasteiger partial charge in [0.2, 0.25) is 0 Å². The number of nitriles is 1. The fourth-order valence-electron chi connectivity index (χ4n) is 3.23. The molecule has 4 aromatic rings. The molecule has 0 aliphatic carbocycles. The first-order valence-electron chi connectivity index (χ1n) is 8.70. The van der Waals surface area contributed by atoms with Gasteiger partial charge in [0.05, 0.1) is 23.7 Å². The highest BCUT2D eigenvalue weighted by Crippen LogP contribution is 2.37. The zero-order valence-electron chi connectivity index (χ0n) is 15.3. The largest absolute Gasteiger partial charge is 0.497 e. The number of halogens is 3. The number of ether oxygens (including phenoxy) is 1. The van der Waals surface area contributed by atoms with E-state index in [2.05, 4.69) is 10.3 Å². The van der Waals surface area contributed by atoms with E-state index in [1.165, 1.54) is 0 Å². The second kappa shape index (κ2) is 7.02. The summed E-state index contributed by atoms with van der Waals surface area (Å²) in [4.78, 5) is 4.28. The molecule has 8 heteroatoms. The molecule has 0 unspecified atom stereocenters. The van der Waals surface area contributed by atoms with Crippen LogP contribution in [0.15, 0.2) is 54.6 Å². The van der Waals surface area contributed by atoms with Gasteiger partial charge in [-0.1, -0.05) is 24.3 Å². The fourth-order valence-corrected chi connectivity index (χ4v) is 3.23. The number of anilines is 1. The number of pyridine rings is 1. The summed E-state index contributed by atoms with van der Waals surface area (Å²) in [6.07, 6.45) is -4.68. The Kier molecular flexibility index (Phi) is 4.51. The van der Waals surface area contributed by atoms with Crippen LogP contribution in [-0.4, -0.2) is 16.5 Å². The maximum atomic E-state index is 13.6. The molecule has 0 atom stereocenters. The standard InChI is InChI=1S/C21H15F3N4O/c1-29-14-8-6-13(7-9-14)12-26-19-10-16(21(22,23)24)15(11-25)20-27-17-4-2-3-5-18(17)28(19)20/h2-10,26H,12H2,1H3. The van der Waals surface area contributed by atoms with Gasteiger partial charge in [0.15, 0.2) is 5.65 Å². The van der Waals surface area contributed by atoms with E-state index in [1.54, 1.807) is 54.0 Å². The maximum Gasteiger partial charge on any atom is 0.417 e. The molecule has 0 amide bonds. The predicted octanol–water partition coefficient (Wildman–Crippen LogP) is 5.00. The van der Waals surface area contributed by atoms with Gasteiger partial charge >= 0.3 is 6.18 Å². The van der Waals surface area contributed by atoms with Crippen LogP contribution < -0.4 is 10.1 Å². The molecule has 2 heterocycles. The number of aromatic nitrogens is 2. The summed E-state index contributed by atoms with van der Waals surface area (Å²) in [6, 6.07) is 16.8. The van der Waals surface area contributed by atoms with Crippen molar-refractivity contribution in [3.63, 3.8) is 0 Å². The van der Waals surface area contributed by atoms with E-state index in [-0.39, 0.29) is 18.0 Å². The highest BCUT2D eigenvalue weighted by Gasteiger charge is 2.36. The zero-order valence-corrected chi connectivity index (χ0v) is 15.3. The van der Waals surface area contributed by atoms with E-state index in [0.29, 0.717) is 16.8 Å². The van der Waals surface area contributed by atoms with Gasteiger partial charge in [-0.05, 0) is 35.9 Å². The number of nitrogens with zero attached hydrogens (tertiary/aromatic N) is 3. The van der Waals surface area contributed by atoms with Gasteiger partial charge in [0, 0.05) is 6.54 Å². The molecule has 5 nitrogen and oxygen atoms in total. The van der Waals surface area contributed by atoms with Crippen molar-refractivity contribution >= 4 is 22.5 Å². The Morgan fingerprint density at radius 1 is 1.14 bits per heavy atom. The van der Waals surface area contributed by atoms with Crippen molar-refractivity contribution in [3.8, 4) is 11.8 Å². The molecule has 2 aromatic heterocycles. The molecular formula is C21H15F3N4O. The van der Waals surface area contributed by atoms with E-state index in [0.717, 1.165) is 11.6 Å². The van der Waals surface area contributed by atoms with Gasteiger partial charge in [-0.15, -0.1) is 0 Å². The Hall–Kier alpha value is -3.73. The van der Waals surface area contributed by atoms with Crippen molar-refractivity contribution in [1.29, 1.82) is 5.26 Å². The van der Waals surface area contributed by atoms with Crippen LogP contribution in [0.2, 0.25) is 0 Å². The molecule has 0 radical (unpaired) electrons. The molecule has 0 bridgehead atoms. The van der Waals surface area contributed by atoms with Gasteiger partial charge in [0.1, 0.15) is 23.2 Å². The lowest BCUT2D eigenvalue weighted by Crippen LogP contribution is -2.13. The molecule has 0 aliphatic rings. The van der Waals surface area contributed by atoms with Crippen LogP contribution in [0.25, 0.3) is 16.7 Å². The maximum absolute atomic E-state index is 13.6. The summed E-state index contributed by atoms with van der Waals surface area (Å²) in [5.74, 6) is 0.894. The average molecular weight is 396 g/mol. The minimum Gasteiger partial charge on any atom is -0.497 e. The molecular weight excluding hydrogens is 381 g/mol.